The van der Waals surface area contributed by atoms with Gasteiger partial charge in [-0.25, -0.2) is 0 Å². The van der Waals surface area contributed by atoms with E-state index in [1.807, 2.05) is 6.07 Å². The van der Waals surface area contributed by atoms with Crippen molar-refractivity contribution < 1.29 is 23.7 Å². The molecule has 0 aliphatic carbocycles. The summed E-state index contributed by atoms with van der Waals surface area (Å²) in [6.07, 6.45) is 3.13. The lowest BCUT2D eigenvalue weighted by atomic mass is 10.2. The van der Waals surface area contributed by atoms with Crippen LogP contribution in [-0.4, -0.2) is 34.3 Å². The Balaban J connectivity index is 2.11. The number of hydrogen-bond acceptors (Lipinski definition) is 5. The maximum absolute atomic E-state index is 12.1. The van der Waals surface area contributed by atoms with E-state index in [1.165, 1.54) is 6.08 Å². The molecular formula is C19H21NO5. The Labute approximate surface area is 147 Å². The van der Waals surface area contributed by atoms with Crippen LogP contribution in [0.2, 0.25) is 0 Å². The van der Waals surface area contributed by atoms with Crippen LogP contribution in [0.15, 0.2) is 42.5 Å². The van der Waals surface area contributed by atoms with Gasteiger partial charge in [-0.1, -0.05) is 6.07 Å². The van der Waals surface area contributed by atoms with E-state index in [9.17, 15) is 4.79 Å². The van der Waals surface area contributed by atoms with Gasteiger partial charge in [-0.05, 0) is 23.8 Å². The molecule has 6 heteroatoms. The van der Waals surface area contributed by atoms with Gasteiger partial charge in [0.2, 0.25) is 5.91 Å². The molecule has 0 bridgehead atoms. The van der Waals surface area contributed by atoms with Gasteiger partial charge in [0.1, 0.15) is 11.5 Å². The van der Waals surface area contributed by atoms with Crippen molar-refractivity contribution in [3.05, 3.63) is 48.0 Å². The number of carbonyl (C=O) groups excluding carboxylic acids is 1. The molecule has 0 fully saturated rings. The minimum Gasteiger partial charge on any atom is -0.497 e. The molecule has 0 aliphatic rings. The van der Waals surface area contributed by atoms with Gasteiger partial charge >= 0.3 is 0 Å². The topological polar surface area (TPSA) is 66.0 Å². The Morgan fingerprint density at radius 1 is 0.840 bits per heavy atom. The molecule has 0 atom stereocenters. The number of amides is 1. The molecule has 132 valence electrons. The van der Waals surface area contributed by atoms with E-state index >= 15 is 0 Å². The molecule has 2 aromatic carbocycles. The zero-order valence-corrected chi connectivity index (χ0v) is 14.7. The Kier molecular flexibility index (Phi) is 6.28. The molecule has 2 aromatic rings. The number of benzene rings is 2. The molecule has 2 rings (SSSR count). The number of rotatable bonds is 7. The third kappa shape index (κ3) is 4.91. The second-order valence-corrected chi connectivity index (χ2v) is 5.04. The van der Waals surface area contributed by atoms with E-state index in [-0.39, 0.29) is 5.91 Å². The lowest BCUT2D eigenvalue weighted by Crippen LogP contribution is -2.08. The van der Waals surface area contributed by atoms with Gasteiger partial charge in [0.05, 0.1) is 28.4 Å². The van der Waals surface area contributed by atoms with Crippen LogP contribution >= 0.6 is 0 Å². The number of ether oxygens (including phenoxy) is 4. The maximum Gasteiger partial charge on any atom is 0.248 e. The third-order valence-corrected chi connectivity index (χ3v) is 3.45. The van der Waals surface area contributed by atoms with Crippen molar-refractivity contribution in [2.24, 2.45) is 0 Å². The summed E-state index contributed by atoms with van der Waals surface area (Å²) in [5.41, 5.74) is 1.40. The van der Waals surface area contributed by atoms with Crippen molar-refractivity contribution in [3.8, 4) is 23.0 Å². The number of nitrogens with one attached hydrogen (secondary N) is 1. The van der Waals surface area contributed by atoms with Crippen molar-refractivity contribution in [1.82, 2.24) is 0 Å². The average Bonchev–Trinajstić information content (AvgIpc) is 2.65. The number of carbonyl (C=O) groups is 1. The highest BCUT2D eigenvalue weighted by Gasteiger charge is 2.05. The van der Waals surface area contributed by atoms with Crippen LogP contribution in [0.1, 0.15) is 5.56 Å². The first kappa shape index (κ1) is 18.2. The Morgan fingerprint density at radius 2 is 1.48 bits per heavy atom. The van der Waals surface area contributed by atoms with Gasteiger partial charge in [-0.3, -0.25) is 4.79 Å². The van der Waals surface area contributed by atoms with Crippen LogP contribution in [-0.2, 0) is 4.79 Å². The third-order valence-electron chi connectivity index (χ3n) is 3.45. The lowest BCUT2D eigenvalue weighted by molar-refractivity contribution is -0.111. The highest BCUT2D eigenvalue weighted by Crippen LogP contribution is 2.28. The Hall–Kier alpha value is -3.15. The SMILES string of the molecule is COc1cc(NC(=O)/C=C/c2ccc(OC)c(OC)c2)cc(OC)c1. The molecule has 25 heavy (non-hydrogen) atoms. The standard InChI is InChI=1S/C19H21NO5/c1-22-15-10-14(11-16(12-15)23-2)20-19(21)8-6-13-5-7-17(24-3)18(9-13)25-4/h5-12H,1-4H3,(H,20,21)/b8-6+. The fourth-order valence-corrected chi connectivity index (χ4v) is 2.19. The van der Waals surface area contributed by atoms with Gasteiger partial charge in [0.15, 0.2) is 11.5 Å². The normalized spacial score (nSPS) is 10.4. The number of methoxy groups -OCH3 is 4. The summed E-state index contributed by atoms with van der Waals surface area (Å²) in [4.78, 5) is 12.1. The molecule has 0 aliphatic heterocycles. The predicted octanol–water partition coefficient (Wildman–Crippen LogP) is 3.37. The van der Waals surface area contributed by atoms with E-state index in [0.29, 0.717) is 28.7 Å². The Morgan fingerprint density at radius 3 is 2.04 bits per heavy atom. The summed E-state index contributed by atoms with van der Waals surface area (Å²) in [6.45, 7) is 0. The molecule has 0 heterocycles. The molecule has 6 nitrogen and oxygen atoms in total. The van der Waals surface area contributed by atoms with Crippen molar-refractivity contribution in [3.63, 3.8) is 0 Å². The quantitative estimate of drug-likeness (QED) is 0.781. The summed E-state index contributed by atoms with van der Waals surface area (Å²) < 4.78 is 20.8. The fraction of sp³-hybridized carbons (Fsp3) is 0.211. The summed E-state index contributed by atoms with van der Waals surface area (Å²) >= 11 is 0. The van der Waals surface area contributed by atoms with E-state index in [0.717, 1.165) is 5.56 Å². The van der Waals surface area contributed by atoms with Gasteiger partial charge < -0.3 is 24.3 Å². The molecule has 0 radical (unpaired) electrons. The molecule has 0 unspecified atom stereocenters. The number of anilines is 1. The summed E-state index contributed by atoms with van der Waals surface area (Å²) in [5.74, 6) is 2.15. The van der Waals surface area contributed by atoms with E-state index < -0.39 is 0 Å². The highest BCUT2D eigenvalue weighted by atomic mass is 16.5. The molecular weight excluding hydrogens is 322 g/mol. The zero-order valence-electron chi connectivity index (χ0n) is 14.7. The van der Waals surface area contributed by atoms with E-state index in [1.54, 1.807) is 64.8 Å². The van der Waals surface area contributed by atoms with Crippen molar-refractivity contribution in [1.29, 1.82) is 0 Å². The second kappa shape index (κ2) is 8.63. The zero-order chi connectivity index (χ0) is 18.2. The molecule has 0 aromatic heterocycles. The molecule has 0 saturated carbocycles. The van der Waals surface area contributed by atoms with Gasteiger partial charge in [-0.2, -0.15) is 0 Å². The van der Waals surface area contributed by atoms with Crippen molar-refractivity contribution in [2.75, 3.05) is 33.8 Å². The fourth-order valence-electron chi connectivity index (χ4n) is 2.19. The Bertz CT molecular complexity index is 748. The van der Waals surface area contributed by atoms with E-state index in [4.69, 9.17) is 18.9 Å². The molecule has 1 amide bonds. The van der Waals surface area contributed by atoms with Crippen LogP contribution in [0.4, 0.5) is 5.69 Å². The first-order valence-corrected chi connectivity index (χ1v) is 7.53. The van der Waals surface area contributed by atoms with Crippen molar-refractivity contribution in [2.45, 2.75) is 0 Å². The van der Waals surface area contributed by atoms with Gasteiger partial charge in [0.25, 0.3) is 0 Å². The first-order chi connectivity index (χ1) is 12.1. The smallest absolute Gasteiger partial charge is 0.248 e. The molecule has 0 saturated heterocycles. The predicted molar refractivity (Wildman–Crippen MR) is 96.8 cm³/mol. The van der Waals surface area contributed by atoms with Crippen LogP contribution in [0.25, 0.3) is 6.08 Å². The lowest BCUT2D eigenvalue weighted by Gasteiger charge is -2.09. The summed E-state index contributed by atoms with van der Waals surface area (Å²) in [5, 5.41) is 2.77. The minimum atomic E-state index is -0.273. The van der Waals surface area contributed by atoms with Crippen LogP contribution in [0.5, 0.6) is 23.0 Å². The summed E-state index contributed by atoms with van der Waals surface area (Å²) in [7, 11) is 6.24. The van der Waals surface area contributed by atoms with Gasteiger partial charge in [-0.15, -0.1) is 0 Å². The van der Waals surface area contributed by atoms with Crippen molar-refractivity contribution >= 4 is 17.7 Å². The molecule has 0 spiro atoms. The average molecular weight is 343 g/mol. The molecule has 1 N–H and O–H groups in total. The van der Waals surface area contributed by atoms with E-state index in [2.05, 4.69) is 5.32 Å². The minimum absolute atomic E-state index is 0.273. The first-order valence-electron chi connectivity index (χ1n) is 7.53. The van der Waals surface area contributed by atoms with Crippen LogP contribution in [0.3, 0.4) is 0 Å². The highest BCUT2D eigenvalue weighted by molar-refractivity contribution is 6.02. The second-order valence-electron chi connectivity index (χ2n) is 5.04. The maximum atomic E-state index is 12.1. The number of hydrogen-bond donors (Lipinski definition) is 1. The van der Waals surface area contributed by atoms with Crippen LogP contribution in [0, 0.1) is 0 Å². The summed E-state index contributed by atoms with van der Waals surface area (Å²) in [6, 6.07) is 10.6. The largest absolute Gasteiger partial charge is 0.497 e. The van der Waals surface area contributed by atoms with Crippen LogP contribution < -0.4 is 24.3 Å². The van der Waals surface area contributed by atoms with Gasteiger partial charge in [0, 0.05) is 30.0 Å². The monoisotopic (exact) mass is 343 g/mol.